The van der Waals surface area contributed by atoms with Crippen molar-refractivity contribution in [3.8, 4) is 11.5 Å². The van der Waals surface area contributed by atoms with Crippen molar-refractivity contribution in [2.75, 3.05) is 40.4 Å². The van der Waals surface area contributed by atoms with Crippen molar-refractivity contribution >= 4 is 15.9 Å². The topological polar surface area (TPSA) is 88.2 Å². The van der Waals surface area contributed by atoms with Crippen LogP contribution in [0.4, 0.5) is 0 Å². The van der Waals surface area contributed by atoms with Crippen LogP contribution in [0.2, 0.25) is 0 Å². The minimum atomic E-state index is -3.78. The maximum Gasteiger partial charge on any atom is 0.243 e. The molecule has 0 radical (unpaired) electrons. The molecule has 2 aliphatic rings. The zero-order valence-electron chi connectivity index (χ0n) is 19.8. The van der Waals surface area contributed by atoms with Crippen LogP contribution in [0.5, 0.6) is 11.5 Å². The zero-order chi connectivity index (χ0) is 24.1. The van der Waals surface area contributed by atoms with Gasteiger partial charge in [0.1, 0.15) is 17.5 Å². The first-order valence-corrected chi connectivity index (χ1v) is 13.2. The highest BCUT2D eigenvalue weighted by molar-refractivity contribution is 7.89. The van der Waals surface area contributed by atoms with Crippen LogP contribution < -0.4 is 14.8 Å². The molecule has 2 aromatic carbocycles. The molecule has 34 heavy (non-hydrogen) atoms. The zero-order valence-corrected chi connectivity index (χ0v) is 20.6. The van der Waals surface area contributed by atoms with Crippen LogP contribution in [-0.2, 0) is 14.8 Å². The van der Waals surface area contributed by atoms with Gasteiger partial charge < -0.3 is 14.8 Å². The van der Waals surface area contributed by atoms with Gasteiger partial charge in [-0.2, -0.15) is 4.31 Å². The van der Waals surface area contributed by atoms with Crippen molar-refractivity contribution in [1.29, 1.82) is 0 Å². The highest BCUT2D eigenvalue weighted by Gasteiger charge is 2.39. The second-order valence-electron chi connectivity index (χ2n) is 8.73. The minimum Gasteiger partial charge on any atom is -0.497 e. The lowest BCUT2D eigenvalue weighted by molar-refractivity contribution is -0.124. The number of rotatable bonds is 9. The van der Waals surface area contributed by atoms with Gasteiger partial charge in [0.25, 0.3) is 0 Å². The maximum atomic E-state index is 13.3. The molecular formula is C25H33N3O5S. The van der Waals surface area contributed by atoms with Crippen molar-refractivity contribution in [2.24, 2.45) is 0 Å². The highest BCUT2D eigenvalue weighted by atomic mass is 32.2. The molecule has 2 heterocycles. The molecule has 0 bridgehead atoms. The van der Waals surface area contributed by atoms with E-state index < -0.39 is 16.1 Å². The van der Waals surface area contributed by atoms with Crippen LogP contribution >= 0.6 is 0 Å². The Labute approximate surface area is 201 Å². The molecule has 2 saturated heterocycles. The molecule has 2 fully saturated rings. The van der Waals surface area contributed by atoms with Crippen LogP contribution in [0.3, 0.4) is 0 Å². The third-order valence-corrected chi connectivity index (χ3v) is 8.65. The van der Waals surface area contributed by atoms with E-state index in [4.69, 9.17) is 9.47 Å². The number of likely N-dealkylation sites (tertiary alicyclic amines) is 1. The molecule has 0 aliphatic carbocycles. The molecular weight excluding hydrogens is 454 g/mol. The van der Waals surface area contributed by atoms with Gasteiger partial charge in [-0.15, -0.1) is 0 Å². The number of methoxy groups -OCH3 is 2. The Morgan fingerprint density at radius 3 is 2.12 bits per heavy atom. The molecule has 184 valence electrons. The van der Waals surface area contributed by atoms with Gasteiger partial charge in [0.15, 0.2) is 0 Å². The summed E-state index contributed by atoms with van der Waals surface area (Å²) in [5.74, 6) is 1.13. The molecule has 0 saturated carbocycles. The van der Waals surface area contributed by atoms with E-state index in [1.165, 1.54) is 23.5 Å². The summed E-state index contributed by atoms with van der Waals surface area (Å²) in [6, 6.07) is 13.5. The Bertz CT molecular complexity index is 1070. The number of benzene rings is 2. The number of nitrogens with zero attached hydrogens (tertiary/aromatic N) is 2. The van der Waals surface area contributed by atoms with Crippen molar-refractivity contribution < 1.29 is 22.7 Å². The Morgan fingerprint density at radius 2 is 1.53 bits per heavy atom. The van der Waals surface area contributed by atoms with Crippen molar-refractivity contribution in [1.82, 2.24) is 14.5 Å². The smallest absolute Gasteiger partial charge is 0.243 e. The Morgan fingerprint density at radius 1 is 0.941 bits per heavy atom. The van der Waals surface area contributed by atoms with Crippen molar-refractivity contribution in [2.45, 2.75) is 42.7 Å². The quantitative estimate of drug-likeness (QED) is 0.585. The van der Waals surface area contributed by atoms with Crippen molar-refractivity contribution in [3.63, 3.8) is 0 Å². The number of hydrogen-bond acceptors (Lipinski definition) is 6. The third-order valence-electron chi connectivity index (χ3n) is 6.72. The number of carbonyl (C=O) groups is 1. The molecule has 9 heteroatoms. The fraction of sp³-hybridized carbons (Fsp3) is 0.480. The van der Waals surface area contributed by atoms with E-state index in [1.54, 1.807) is 19.2 Å². The van der Waals surface area contributed by atoms with Gasteiger partial charge in [-0.25, -0.2) is 8.42 Å². The van der Waals surface area contributed by atoms with E-state index in [2.05, 4.69) is 10.2 Å². The summed E-state index contributed by atoms with van der Waals surface area (Å²) in [6.45, 7) is 2.72. The van der Waals surface area contributed by atoms with Gasteiger partial charge >= 0.3 is 0 Å². The number of amides is 1. The first-order valence-electron chi connectivity index (χ1n) is 11.8. The normalized spacial score (nSPS) is 20.2. The number of ether oxygens (including phenoxy) is 2. The van der Waals surface area contributed by atoms with E-state index in [0.717, 1.165) is 37.2 Å². The maximum absolute atomic E-state index is 13.3. The summed E-state index contributed by atoms with van der Waals surface area (Å²) < 4.78 is 38.3. The average molecular weight is 488 g/mol. The molecule has 0 spiro atoms. The number of nitrogens with one attached hydrogen (secondary N) is 1. The molecule has 0 unspecified atom stereocenters. The van der Waals surface area contributed by atoms with Crippen LogP contribution in [0.15, 0.2) is 53.4 Å². The fourth-order valence-corrected chi connectivity index (χ4v) is 6.48. The standard InChI is InChI=1S/C25H33N3O5S/c1-32-20-9-7-19(8-10-20)24(27-15-3-4-16-27)18-26-25(29)23-6-5-17-28(23)34(30,31)22-13-11-21(33-2)12-14-22/h7-14,23-24H,3-6,15-18H2,1-2H3,(H,26,29)/t23-,24-/m1/s1. The molecule has 1 N–H and O–H groups in total. The van der Waals surface area contributed by atoms with Gasteiger partial charge in [-0.1, -0.05) is 12.1 Å². The fourth-order valence-electron chi connectivity index (χ4n) is 4.83. The van der Waals surface area contributed by atoms with Crippen molar-refractivity contribution in [3.05, 3.63) is 54.1 Å². The predicted molar refractivity (Wildman–Crippen MR) is 129 cm³/mol. The lowest BCUT2D eigenvalue weighted by Gasteiger charge is -2.30. The summed E-state index contributed by atoms with van der Waals surface area (Å²) in [5, 5.41) is 3.06. The SMILES string of the molecule is COc1ccc([C@@H](CNC(=O)[C@H]2CCCN2S(=O)(=O)c2ccc(OC)cc2)N2CCCC2)cc1. The summed E-state index contributed by atoms with van der Waals surface area (Å²) >= 11 is 0. The lowest BCUT2D eigenvalue weighted by atomic mass is 10.0. The van der Waals surface area contributed by atoms with E-state index in [-0.39, 0.29) is 16.8 Å². The first-order chi connectivity index (χ1) is 16.4. The van der Waals surface area contributed by atoms with E-state index in [0.29, 0.717) is 31.7 Å². The Kier molecular flexibility index (Phi) is 7.75. The van der Waals surface area contributed by atoms with Gasteiger partial charge in [0.05, 0.1) is 25.2 Å². The van der Waals surface area contributed by atoms with Crippen LogP contribution in [0, 0.1) is 0 Å². The van der Waals surface area contributed by atoms with E-state index in [9.17, 15) is 13.2 Å². The third kappa shape index (κ3) is 5.21. The lowest BCUT2D eigenvalue weighted by Crippen LogP contribution is -2.47. The Hall–Kier alpha value is -2.62. The van der Waals surface area contributed by atoms with Crippen LogP contribution in [0.25, 0.3) is 0 Å². The van der Waals surface area contributed by atoms with E-state index in [1.807, 2.05) is 24.3 Å². The second-order valence-corrected chi connectivity index (χ2v) is 10.6. The Balaban J connectivity index is 1.47. The predicted octanol–water partition coefficient (Wildman–Crippen LogP) is 2.81. The monoisotopic (exact) mass is 487 g/mol. The van der Waals surface area contributed by atoms with Gasteiger partial charge in [0, 0.05) is 13.1 Å². The molecule has 2 atom stereocenters. The summed E-state index contributed by atoms with van der Waals surface area (Å²) in [4.78, 5) is 15.8. The summed E-state index contributed by atoms with van der Waals surface area (Å²) in [6.07, 6.45) is 3.44. The highest BCUT2D eigenvalue weighted by Crippen LogP contribution is 2.29. The number of hydrogen-bond donors (Lipinski definition) is 1. The summed E-state index contributed by atoms with van der Waals surface area (Å²) in [5.41, 5.74) is 1.11. The van der Waals surface area contributed by atoms with Gasteiger partial charge in [-0.3, -0.25) is 9.69 Å². The molecule has 0 aromatic heterocycles. The van der Waals surface area contributed by atoms with E-state index >= 15 is 0 Å². The molecule has 1 amide bonds. The molecule has 8 nitrogen and oxygen atoms in total. The second kappa shape index (κ2) is 10.8. The number of carbonyl (C=O) groups excluding carboxylic acids is 1. The van der Waals surface area contributed by atoms with Crippen LogP contribution in [-0.4, -0.2) is 70.0 Å². The molecule has 2 aromatic rings. The number of sulfonamides is 1. The molecule has 2 aliphatic heterocycles. The summed E-state index contributed by atoms with van der Waals surface area (Å²) in [7, 11) is -0.606. The van der Waals surface area contributed by atoms with Gasteiger partial charge in [-0.05, 0) is 80.7 Å². The largest absolute Gasteiger partial charge is 0.497 e. The molecule has 4 rings (SSSR count). The minimum absolute atomic E-state index is 0.0328. The van der Waals surface area contributed by atoms with Gasteiger partial charge in [0.2, 0.25) is 15.9 Å². The van der Waals surface area contributed by atoms with Crippen LogP contribution in [0.1, 0.15) is 37.3 Å². The average Bonchev–Trinajstić information content (AvgIpc) is 3.57. The first kappa shape index (κ1) is 24.5.